The van der Waals surface area contributed by atoms with E-state index in [4.69, 9.17) is 21.4 Å². The van der Waals surface area contributed by atoms with Crippen molar-refractivity contribution in [3.8, 4) is 16.9 Å². The maximum Gasteiger partial charge on any atom is 0.272 e. The van der Waals surface area contributed by atoms with Crippen LogP contribution in [0.5, 0.6) is 0 Å². The molecule has 0 radical (unpaired) electrons. The number of nitrogens with one attached hydrogen (secondary N) is 1. The van der Waals surface area contributed by atoms with Gasteiger partial charge in [0.25, 0.3) is 5.91 Å². The fraction of sp³-hybridized carbons (Fsp3) is 0.360. The highest BCUT2D eigenvalue weighted by molar-refractivity contribution is 14.1. The normalized spacial score (nSPS) is 14.5. The van der Waals surface area contributed by atoms with Gasteiger partial charge in [0.1, 0.15) is 0 Å². The van der Waals surface area contributed by atoms with E-state index in [2.05, 4.69) is 52.2 Å². The summed E-state index contributed by atoms with van der Waals surface area (Å²) in [5.41, 5.74) is 4.92. The number of carbonyl (C=O) groups excluding carboxylic acids is 1. The Hall–Kier alpha value is -1.90. The first-order valence-corrected chi connectivity index (χ1v) is 12.4. The average molecular weight is 564 g/mol. The Labute approximate surface area is 207 Å². The summed E-state index contributed by atoms with van der Waals surface area (Å²) >= 11 is 8.50. The van der Waals surface area contributed by atoms with Gasteiger partial charge < -0.3 is 10.1 Å². The average Bonchev–Trinajstić information content (AvgIpc) is 3.14. The molecule has 1 amide bonds. The molecule has 0 atom stereocenters. The van der Waals surface area contributed by atoms with Gasteiger partial charge in [-0.25, -0.2) is 4.68 Å². The van der Waals surface area contributed by atoms with Crippen molar-refractivity contribution in [2.75, 3.05) is 7.11 Å². The third-order valence-electron chi connectivity index (χ3n) is 5.93. The number of rotatable bonds is 6. The molecule has 0 saturated heterocycles. The molecule has 1 N–H and O–H groups in total. The molecular formula is C25H27ClIN3O2. The predicted molar refractivity (Wildman–Crippen MR) is 137 cm³/mol. The van der Waals surface area contributed by atoms with E-state index < -0.39 is 0 Å². The topological polar surface area (TPSA) is 56.1 Å². The summed E-state index contributed by atoms with van der Waals surface area (Å²) in [5.74, 6) is -0.138. The SMILES string of the molecule is COCc1c(C(=O)NC2CCCCC2)nn(-c2ccc(Cl)cc2C)c1-c1ccc(I)cc1. The van der Waals surface area contributed by atoms with E-state index in [0.29, 0.717) is 17.3 Å². The quantitative estimate of drug-likeness (QED) is 0.358. The monoisotopic (exact) mass is 563 g/mol. The molecule has 1 saturated carbocycles. The van der Waals surface area contributed by atoms with Crippen LogP contribution in [0.2, 0.25) is 5.02 Å². The molecule has 168 valence electrons. The number of ether oxygens (including phenoxy) is 1. The molecule has 1 aromatic heterocycles. The Balaban J connectivity index is 1.86. The van der Waals surface area contributed by atoms with Crippen LogP contribution in [0.1, 0.15) is 53.7 Å². The van der Waals surface area contributed by atoms with E-state index in [-0.39, 0.29) is 11.9 Å². The van der Waals surface area contributed by atoms with Gasteiger partial charge in [-0.1, -0.05) is 43.0 Å². The molecule has 7 heteroatoms. The zero-order valence-corrected chi connectivity index (χ0v) is 21.2. The van der Waals surface area contributed by atoms with Gasteiger partial charge in [0.2, 0.25) is 0 Å². The molecule has 3 aromatic rings. The van der Waals surface area contributed by atoms with Crippen LogP contribution >= 0.6 is 34.2 Å². The van der Waals surface area contributed by atoms with Crippen molar-refractivity contribution in [3.63, 3.8) is 0 Å². The van der Waals surface area contributed by atoms with Crippen LogP contribution in [0.3, 0.4) is 0 Å². The molecule has 1 fully saturated rings. The Morgan fingerprint density at radius 2 is 1.91 bits per heavy atom. The molecule has 0 spiro atoms. The Kier molecular flexibility index (Phi) is 7.53. The number of hydrogen-bond acceptors (Lipinski definition) is 3. The van der Waals surface area contributed by atoms with E-state index in [1.54, 1.807) is 7.11 Å². The van der Waals surface area contributed by atoms with Crippen LogP contribution < -0.4 is 5.32 Å². The lowest BCUT2D eigenvalue weighted by atomic mass is 9.95. The lowest BCUT2D eigenvalue weighted by Gasteiger charge is -2.22. The molecule has 1 heterocycles. The fourth-order valence-electron chi connectivity index (χ4n) is 4.35. The van der Waals surface area contributed by atoms with E-state index in [1.165, 1.54) is 6.42 Å². The smallest absolute Gasteiger partial charge is 0.272 e. The van der Waals surface area contributed by atoms with Crippen LogP contribution in [0.4, 0.5) is 0 Å². The first kappa shape index (κ1) is 23.3. The first-order valence-electron chi connectivity index (χ1n) is 10.9. The van der Waals surface area contributed by atoms with Crippen molar-refractivity contribution in [1.82, 2.24) is 15.1 Å². The van der Waals surface area contributed by atoms with Gasteiger partial charge in [-0.05, 0) is 78.3 Å². The summed E-state index contributed by atoms with van der Waals surface area (Å²) in [6.07, 6.45) is 5.59. The van der Waals surface area contributed by atoms with Crippen LogP contribution in [-0.2, 0) is 11.3 Å². The molecule has 0 bridgehead atoms. The van der Waals surface area contributed by atoms with Crippen molar-refractivity contribution < 1.29 is 9.53 Å². The number of nitrogens with zero attached hydrogens (tertiary/aromatic N) is 2. The second-order valence-electron chi connectivity index (χ2n) is 8.27. The Bertz CT molecular complexity index is 1110. The number of aryl methyl sites for hydroxylation is 1. The number of amides is 1. The predicted octanol–water partition coefficient (Wildman–Crippen LogP) is 6.31. The van der Waals surface area contributed by atoms with E-state index in [1.807, 2.05) is 29.8 Å². The number of methoxy groups -OCH3 is 1. The van der Waals surface area contributed by atoms with E-state index in [9.17, 15) is 4.79 Å². The summed E-state index contributed by atoms with van der Waals surface area (Å²) < 4.78 is 8.54. The second-order valence-corrected chi connectivity index (χ2v) is 9.95. The molecular weight excluding hydrogens is 537 g/mol. The number of hydrogen-bond donors (Lipinski definition) is 1. The highest BCUT2D eigenvalue weighted by Crippen LogP contribution is 2.32. The summed E-state index contributed by atoms with van der Waals surface area (Å²) in [5, 5.41) is 8.72. The van der Waals surface area contributed by atoms with Crippen molar-refractivity contribution in [3.05, 3.63) is 67.9 Å². The summed E-state index contributed by atoms with van der Waals surface area (Å²) in [7, 11) is 1.64. The minimum Gasteiger partial charge on any atom is -0.380 e. The second kappa shape index (κ2) is 10.4. The van der Waals surface area contributed by atoms with Crippen LogP contribution in [-0.4, -0.2) is 28.8 Å². The molecule has 32 heavy (non-hydrogen) atoms. The standard InChI is InChI=1S/C25H27ClIN3O2/c1-16-14-18(26)10-13-22(16)30-24(17-8-11-19(27)12-9-17)21(15-32-2)23(29-30)25(31)28-20-6-4-3-5-7-20/h8-14,20H,3-7,15H2,1-2H3,(H,28,31). The lowest BCUT2D eigenvalue weighted by Crippen LogP contribution is -2.36. The largest absolute Gasteiger partial charge is 0.380 e. The number of benzene rings is 2. The molecule has 4 rings (SSSR count). The number of halogens is 2. The highest BCUT2D eigenvalue weighted by atomic mass is 127. The summed E-state index contributed by atoms with van der Waals surface area (Å²) in [6, 6.07) is 14.1. The number of carbonyl (C=O) groups is 1. The highest BCUT2D eigenvalue weighted by Gasteiger charge is 2.27. The van der Waals surface area contributed by atoms with Gasteiger partial charge >= 0.3 is 0 Å². The van der Waals surface area contributed by atoms with Crippen molar-refractivity contribution >= 4 is 40.1 Å². The first-order chi connectivity index (χ1) is 15.5. The molecule has 5 nitrogen and oxygen atoms in total. The molecule has 2 aromatic carbocycles. The maximum atomic E-state index is 13.4. The zero-order chi connectivity index (χ0) is 22.7. The van der Waals surface area contributed by atoms with E-state index >= 15 is 0 Å². The van der Waals surface area contributed by atoms with Crippen LogP contribution in [0.15, 0.2) is 42.5 Å². The molecule has 0 aliphatic heterocycles. The molecule has 0 unspecified atom stereocenters. The van der Waals surface area contributed by atoms with Crippen molar-refractivity contribution in [2.24, 2.45) is 0 Å². The van der Waals surface area contributed by atoms with Gasteiger partial charge in [-0.15, -0.1) is 0 Å². The Morgan fingerprint density at radius 3 is 2.56 bits per heavy atom. The zero-order valence-electron chi connectivity index (χ0n) is 18.3. The molecule has 1 aliphatic carbocycles. The van der Waals surface area contributed by atoms with Gasteiger partial charge in [0.05, 0.1) is 18.0 Å². The van der Waals surface area contributed by atoms with Crippen molar-refractivity contribution in [2.45, 2.75) is 51.7 Å². The maximum absolute atomic E-state index is 13.4. The van der Waals surface area contributed by atoms with Gasteiger partial charge in [0.15, 0.2) is 5.69 Å². The minimum atomic E-state index is -0.138. The van der Waals surface area contributed by atoms with Gasteiger partial charge in [0, 0.05) is 32.9 Å². The number of aromatic nitrogens is 2. The minimum absolute atomic E-state index is 0.138. The van der Waals surface area contributed by atoms with E-state index in [0.717, 1.165) is 57.3 Å². The van der Waals surface area contributed by atoms with Crippen LogP contribution in [0, 0.1) is 10.5 Å². The fourth-order valence-corrected chi connectivity index (χ4v) is 4.94. The summed E-state index contributed by atoms with van der Waals surface area (Å²) in [6.45, 7) is 2.29. The van der Waals surface area contributed by atoms with Crippen LogP contribution in [0.25, 0.3) is 16.9 Å². The third-order valence-corrected chi connectivity index (χ3v) is 6.89. The lowest BCUT2D eigenvalue weighted by molar-refractivity contribution is 0.0917. The van der Waals surface area contributed by atoms with Crippen molar-refractivity contribution in [1.29, 1.82) is 0 Å². The van der Waals surface area contributed by atoms with Gasteiger partial charge in [-0.2, -0.15) is 5.10 Å². The Morgan fingerprint density at radius 1 is 1.19 bits per heavy atom. The summed E-state index contributed by atoms with van der Waals surface area (Å²) in [4.78, 5) is 13.4. The van der Waals surface area contributed by atoms with Gasteiger partial charge in [-0.3, -0.25) is 4.79 Å². The third kappa shape index (κ3) is 5.02. The molecule has 1 aliphatic rings.